The van der Waals surface area contributed by atoms with E-state index in [1.54, 1.807) is 0 Å². The van der Waals surface area contributed by atoms with E-state index in [-0.39, 0.29) is 6.04 Å². The first-order valence-corrected chi connectivity index (χ1v) is 15.8. The molecule has 3 atom stereocenters. The number of nitrogens with two attached hydrogens (primary N) is 1. The summed E-state index contributed by atoms with van der Waals surface area (Å²) in [6.45, 7) is 4.36. The van der Waals surface area contributed by atoms with E-state index < -0.39 is 36.2 Å². The highest BCUT2D eigenvalue weighted by molar-refractivity contribution is 6.08. The fraction of sp³-hybridized carbons (Fsp3) is 0.900. The van der Waals surface area contributed by atoms with Crippen molar-refractivity contribution in [3.05, 3.63) is 0 Å². The van der Waals surface area contributed by atoms with Crippen LogP contribution in [0.4, 0.5) is 4.79 Å². The normalized spacial score (nSPS) is 16.6. The Labute approximate surface area is 242 Å². The third kappa shape index (κ3) is 12.7. The number of piperidine rings is 1. The van der Waals surface area contributed by atoms with Crippen molar-refractivity contribution >= 4 is 17.9 Å². The summed E-state index contributed by atoms with van der Waals surface area (Å²) in [6.07, 6.45) is 17.7. The molecule has 3 amide bonds. The van der Waals surface area contributed by atoms with Gasteiger partial charge in [0.05, 0.1) is 6.61 Å². The van der Waals surface area contributed by atoms with Crippen LogP contribution < -0.4 is 11.1 Å². The number of hydrogen-bond donors (Lipinski definition) is 3. The van der Waals surface area contributed by atoms with Crippen LogP contribution in [0, 0.1) is 0 Å². The molecule has 0 aliphatic carbocycles. The monoisotopic (exact) mass is 571 g/mol. The number of carbonyl (C=O) groups is 3. The zero-order chi connectivity index (χ0) is 29.6. The van der Waals surface area contributed by atoms with Crippen molar-refractivity contribution in [2.24, 2.45) is 5.73 Å². The topological polar surface area (TPSA) is 140 Å². The molecule has 40 heavy (non-hydrogen) atoms. The predicted octanol–water partition coefficient (Wildman–Crippen LogP) is 5.15. The highest BCUT2D eigenvalue weighted by Crippen LogP contribution is 2.25. The summed E-state index contributed by atoms with van der Waals surface area (Å²) in [6, 6.07) is -0.124. The molecule has 1 aliphatic heterocycles. The quantitative estimate of drug-likeness (QED) is 0.0667. The van der Waals surface area contributed by atoms with Crippen molar-refractivity contribution in [3.8, 4) is 0 Å². The number of likely N-dealkylation sites (tertiary alicyclic amines) is 1. The number of carbonyl (C=O) groups excluding carboxylic acids is 3. The highest BCUT2D eigenvalue weighted by Gasteiger charge is 2.57. The number of primary amides is 1. The van der Waals surface area contributed by atoms with Crippen molar-refractivity contribution in [1.29, 1.82) is 0 Å². The molecule has 1 rings (SSSR count). The van der Waals surface area contributed by atoms with Gasteiger partial charge in [0.15, 0.2) is 0 Å². The zero-order valence-corrected chi connectivity index (χ0v) is 25.4. The van der Waals surface area contributed by atoms with Gasteiger partial charge in [-0.05, 0) is 32.1 Å². The second-order valence-electron chi connectivity index (χ2n) is 11.1. The first-order chi connectivity index (χ1) is 19.4. The van der Waals surface area contributed by atoms with E-state index in [0.717, 1.165) is 51.4 Å². The molecule has 1 fully saturated rings. The van der Waals surface area contributed by atoms with Gasteiger partial charge >= 0.3 is 6.09 Å². The average Bonchev–Trinajstić information content (AvgIpc) is 2.95. The van der Waals surface area contributed by atoms with Crippen molar-refractivity contribution < 1.29 is 34.0 Å². The number of aliphatic hydroxyl groups is 1. The lowest BCUT2D eigenvalue weighted by molar-refractivity contribution is -0.320. The molecule has 0 radical (unpaired) electrons. The maximum Gasteiger partial charge on any atom is 0.438 e. The van der Waals surface area contributed by atoms with E-state index in [2.05, 4.69) is 12.2 Å². The highest BCUT2D eigenvalue weighted by atomic mass is 17.2. The first kappa shape index (κ1) is 36.1. The molecule has 1 aliphatic rings. The van der Waals surface area contributed by atoms with Crippen molar-refractivity contribution in [2.45, 2.75) is 147 Å². The van der Waals surface area contributed by atoms with Crippen molar-refractivity contribution in [1.82, 2.24) is 10.2 Å². The molecular weight excluding hydrogens is 514 g/mol. The van der Waals surface area contributed by atoms with Crippen LogP contribution in [0.2, 0.25) is 0 Å². The molecule has 10 heteroatoms. The summed E-state index contributed by atoms with van der Waals surface area (Å²) in [5.41, 5.74) is 3.12. The van der Waals surface area contributed by atoms with Gasteiger partial charge in [0.2, 0.25) is 0 Å². The molecule has 10 nitrogen and oxygen atoms in total. The second kappa shape index (κ2) is 21.8. The zero-order valence-electron chi connectivity index (χ0n) is 25.4. The number of aliphatic hydroxyl groups excluding tert-OH is 1. The van der Waals surface area contributed by atoms with E-state index in [1.165, 1.54) is 76.2 Å². The number of unbranched alkanes of at least 4 members (excludes halogenated alkanes) is 11. The molecule has 0 bridgehead atoms. The number of nitrogens with one attached hydrogen (secondary N) is 1. The molecule has 4 N–H and O–H groups in total. The minimum absolute atomic E-state index is 0.124. The number of ether oxygens (including phenoxy) is 1. The van der Waals surface area contributed by atoms with Gasteiger partial charge in [-0.2, -0.15) is 4.89 Å². The summed E-state index contributed by atoms with van der Waals surface area (Å²) in [7, 11) is 1.22. The van der Waals surface area contributed by atoms with Crippen LogP contribution in [0.25, 0.3) is 0 Å². The molecule has 1 heterocycles. The van der Waals surface area contributed by atoms with Crippen LogP contribution in [-0.2, 0) is 24.1 Å². The SMILES string of the molecule is CCCCCCCCCCCCCCC(CCC)NC(=O)OOC(C(N)=O)(C(=O)N1CCCCC1)C(CO)OC. The van der Waals surface area contributed by atoms with Gasteiger partial charge in [-0.15, -0.1) is 0 Å². The number of rotatable bonds is 23. The van der Waals surface area contributed by atoms with E-state index in [4.69, 9.17) is 20.2 Å². The summed E-state index contributed by atoms with van der Waals surface area (Å²) >= 11 is 0. The molecule has 1 saturated heterocycles. The molecule has 0 aromatic heterocycles. The second-order valence-corrected chi connectivity index (χ2v) is 11.1. The lowest BCUT2D eigenvalue weighted by Crippen LogP contribution is -2.67. The van der Waals surface area contributed by atoms with Crippen LogP contribution in [0.15, 0.2) is 0 Å². The fourth-order valence-corrected chi connectivity index (χ4v) is 5.40. The van der Waals surface area contributed by atoms with Crippen molar-refractivity contribution in [2.75, 3.05) is 26.8 Å². The van der Waals surface area contributed by atoms with Crippen LogP contribution in [0.3, 0.4) is 0 Å². The van der Waals surface area contributed by atoms with E-state index >= 15 is 0 Å². The van der Waals surface area contributed by atoms with Crippen molar-refractivity contribution in [3.63, 3.8) is 0 Å². The molecule has 0 saturated carbocycles. The molecule has 3 unspecified atom stereocenters. The van der Waals surface area contributed by atoms with Gasteiger partial charge in [-0.3, -0.25) is 14.5 Å². The van der Waals surface area contributed by atoms with E-state index in [0.29, 0.717) is 13.1 Å². The maximum atomic E-state index is 13.4. The lowest BCUT2D eigenvalue weighted by atomic mass is 9.93. The number of hydrogen-bond acceptors (Lipinski definition) is 7. The lowest BCUT2D eigenvalue weighted by Gasteiger charge is -2.38. The Morgan fingerprint density at radius 3 is 1.88 bits per heavy atom. The third-order valence-corrected chi connectivity index (χ3v) is 7.84. The van der Waals surface area contributed by atoms with Crippen LogP contribution in [-0.4, -0.2) is 72.5 Å². The molecule has 0 aromatic carbocycles. The summed E-state index contributed by atoms with van der Waals surface area (Å²) in [4.78, 5) is 50.3. The van der Waals surface area contributed by atoms with Crippen LogP contribution in [0.1, 0.15) is 129 Å². The fourth-order valence-electron chi connectivity index (χ4n) is 5.40. The average molecular weight is 572 g/mol. The van der Waals surface area contributed by atoms with Gasteiger partial charge in [0, 0.05) is 26.2 Å². The minimum Gasteiger partial charge on any atom is -0.394 e. The van der Waals surface area contributed by atoms with Crippen LogP contribution in [0.5, 0.6) is 0 Å². The number of amides is 3. The van der Waals surface area contributed by atoms with Gasteiger partial charge in [0.25, 0.3) is 17.4 Å². The third-order valence-electron chi connectivity index (χ3n) is 7.84. The standard InChI is InChI=1S/C30H57N3O7/c1-4-6-7-8-9-10-11-12-13-14-15-17-21-25(20-5-2)32-29(37)39-40-30(27(31)35,26(24-34)38-3)28(36)33-22-18-16-19-23-33/h25-26,34H,4-24H2,1-3H3,(H2,31,35)(H,32,37). The Morgan fingerprint density at radius 1 is 0.850 bits per heavy atom. The predicted molar refractivity (Wildman–Crippen MR) is 155 cm³/mol. The van der Waals surface area contributed by atoms with Crippen LogP contribution >= 0.6 is 0 Å². The Balaban J connectivity index is 2.54. The van der Waals surface area contributed by atoms with E-state index in [9.17, 15) is 19.5 Å². The smallest absolute Gasteiger partial charge is 0.394 e. The number of methoxy groups -OCH3 is 1. The number of nitrogens with zero attached hydrogens (tertiary/aromatic N) is 1. The Bertz CT molecular complexity index is 699. The Kier molecular flexibility index (Phi) is 19.7. The summed E-state index contributed by atoms with van der Waals surface area (Å²) < 4.78 is 5.18. The molecular formula is C30H57N3O7. The summed E-state index contributed by atoms with van der Waals surface area (Å²) in [5, 5.41) is 12.6. The summed E-state index contributed by atoms with van der Waals surface area (Å²) in [5.74, 6) is -1.98. The van der Waals surface area contributed by atoms with Gasteiger partial charge in [-0.25, -0.2) is 4.79 Å². The molecule has 0 spiro atoms. The van der Waals surface area contributed by atoms with Gasteiger partial charge in [-0.1, -0.05) is 97.3 Å². The maximum absolute atomic E-state index is 13.4. The van der Waals surface area contributed by atoms with Gasteiger partial charge < -0.3 is 25.8 Å². The largest absolute Gasteiger partial charge is 0.438 e. The Hall–Kier alpha value is -1.91. The van der Waals surface area contributed by atoms with E-state index in [1.807, 2.05) is 6.92 Å². The molecule has 0 aromatic rings. The minimum atomic E-state index is -2.49. The molecule has 234 valence electrons. The van der Waals surface area contributed by atoms with Gasteiger partial charge in [0.1, 0.15) is 6.10 Å². The Morgan fingerprint density at radius 2 is 1.40 bits per heavy atom. The first-order valence-electron chi connectivity index (χ1n) is 15.8.